The van der Waals surface area contributed by atoms with Gasteiger partial charge in [-0.3, -0.25) is 9.59 Å². The summed E-state index contributed by atoms with van der Waals surface area (Å²) in [6.45, 7) is 0.250. The number of benzene rings is 17. The van der Waals surface area contributed by atoms with Crippen LogP contribution in [0.5, 0.6) is 46.0 Å². The molecule has 17 aromatic rings. The van der Waals surface area contributed by atoms with Gasteiger partial charge in [-0.1, -0.05) is 237 Å². The molecule has 17 rings (SSSR count). The van der Waals surface area contributed by atoms with E-state index < -0.39 is 11.9 Å². The van der Waals surface area contributed by atoms with Crippen molar-refractivity contribution in [3.8, 4) is 79.4 Å². The molecular formula is C91H68O10. The summed E-state index contributed by atoms with van der Waals surface area (Å²) in [6, 6.07) is 84.2. The molecule has 0 aliphatic heterocycles. The molecule has 0 aliphatic rings. The minimum Gasteiger partial charge on any atom is -0.504 e. The first-order valence-corrected chi connectivity index (χ1v) is 34.2. The van der Waals surface area contributed by atoms with Crippen molar-refractivity contribution in [1.29, 1.82) is 0 Å². The molecule has 1 N–H and O–H groups in total. The second-order valence-corrected chi connectivity index (χ2v) is 25.9. The van der Waals surface area contributed by atoms with Crippen LogP contribution >= 0.6 is 0 Å². The highest BCUT2D eigenvalue weighted by molar-refractivity contribution is 6.26. The van der Waals surface area contributed by atoms with Crippen molar-refractivity contribution in [2.45, 2.75) is 45.1 Å². The number of aromatic hydroxyl groups is 1. The van der Waals surface area contributed by atoms with Gasteiger partial charge in [-0.15, -0.1) is 0 Å². The molecule has 0 bridgehead atoms. The molecule has 492 valence electrons. The number of rotatable bonds is 20. The Bertz CT molecular complexity index is 6120. The number of aryl methyl sites for hydroxylation is 2. The third-order valence-corrected chi connectivity index (χ3v) is 20.3. The number of hydrogen-bond donors (Lipinski definition) is 1. The molecule has 0 saturated heterocycles. The van der Waals surface area contributed by atoms with Gasteiger partial charge in [0.1, 0.15) is 6.61 Å². The van der Waals surface area contributed by atoms with Crippen molar-refractivity contribution in [3.63, 3.8) is 0 Å². The topological polar surface area (TPSA) is 119 Å². The fourth-order valence-electron chi connectivity index (χ4n) is 15.9. The van der Waals surface area contributed by atoms with Gasteiger partial charge in [-0.2, -0.15) is 0 Å². The lowest BCUT2D eigenvalue weighted by molar-refractivity contribution is -0.135. The largest absolute Gasteiger partial charge is 0.504 e. The van der Waals surface area contributed by atoms with Crippen LogP contribution in [0.15, 0.2) is 249 Å². The predicted octanol–water partition coefficient (Wildman–Crippen LogP) is 22.3. The predicted molar refractivity (Wildman–Crippen MR) is 409 cm³/mol. The molecule has 17 aromatic carbocycles. The molecule has 0 aliphatic carbocycles. The Morgan fingerprint density at radius 2 is 0.653 bits per heavy atom. The van der Waals surface area contributed by atoms with Crippen molar-refractivity contribution in [1.82, 2.24) is 0 Å². The van der Waals surface area contributed by atoms with Crippen molar-refractivity contribution >= 4 is 120 Å². The highest BCUT2D eigenvalue weighted by Crippen LogP contribution is 2.62. The zero-order chi connectivity index (χ0) is 68.4. The van der Waals surface area contributed by atoms with Gasteiger partial charge in [0.25, 0.3) is 0 Å². The molecule has 10 heteroatoms. The summed E-state index contributed by atoms with van der Waals surface area (Å²) >= 11 is 0. The molecule has 0 spiro atoms. The van der Waals surface area contributed by atoms with E-state index in [1.807, 2.05) is 133 Å². The van der Waals surface area contributed by atoms with E-state index in [2.05, 4.69) is 109 Å². The number of ether oxygens (including phenoxy) is 7. The number of carbonyl (C=O) groups is 2. The molecule has 0 unspecified atom stereocenters. The van der Waals surface area contributed by atoms with Crippen LogP contribution in [0, 0.1) is 0 Å². The summed E-state index contributed by atoms with van der Waals surface area (Å²) in [5.41, 5.74) is 6.20. The van der Waals surface area contributed by atoms with Gasteiger partial charge in [0.05, 0.1) is 28.4 Å². The van der Waals surface area contributed by atoms with Crippen LogP contribution in [0.1, 0.15) is 42.4 Å². The number of methoxy groups -OCH3 is 4. The first-order chi connectivity index (χ1) is 49.7. The van der Waals surface area contributed by atoms with Gasteiger partial charge in [-0.25, -0.2) is 0 Å². The van der Waals surface area contributed by atoms with Gasteiger partial charge < -0.3 is 38.3 Å². The maximum atomic E-state index is 15.6. The molecule has 0 amide bonds. The smallest absolute Gasteiger partial charge is 0.311 e. The van der Waals surface area contributed by atoms with Crippen LogP contribution in [0.4, 0.5) is 0 Å². The summed E-state index contributed by atoms with van der Waals surface area (Å²) in [7, 11) is 6.28. The lowest BCUT2D eigenvalue weighted by Crippen LogP contribution is -2.13. The van der Waals surface area contributed by atoms with Gasteiger partial charge in [0.2, 0.25) is 0 Å². The zero-order valence-corrected chi connectivity index (χ0v) is 56.2. The summed E-state index contributed by atoms with van der Waals surface area (Å²) in [5.74, 6) is 0.460. The molecule has 0 saturated carbocycles. The van der Waals surface area contributed by atoms with E-state index in [1.165, 1.54) is 50.2 Å². The monoisotopic (exact) mass is 1320 g/mol. The van der Waals surface area contributed by atoms with Crippen LogP contribution in [-0.2, 0) is 29.0 Å². The van der Waals surface area contributed by atoms with E-state index in [4.69, 9.17) is 33.2 Å². The number of hydrogen-bond acceptors (Lipinski definition) is 10. The van der Waals surface area contributed by atoms with E-state index in [1.54, 1.807) is 27.4 Å². The summed E-state index contributed by atoms with van der Waals surface area (Å²) in [5, 5.41) is 31.9. The molecular weight excluding hydrogens is 1250 g/mol. The average Bonchev–Trinajstić information content (AvgIpc) is 0.718. The molecule has 0 radical (unpaired) electrons. The highest BCUT2D eigenvalue weighted by Gasteiger charge is 2.36. The van der Waals surface area contributed by atoms with Crippen molar-refractivity contribution in [3.05, 3.63) is 265 Å². The third-order valence-electron chi connectivity index (χ3n) is 20.3. The van der Waals surface area contributed by atoms with E-state index in [-0.39, 0.29) is 53.9 Å². The number of esters is 2. The fourth-order valence-corrected chi connectivity index (χ4v) is 15.9. The van der Waals surface area contributed by atoms with E-state index in [0.29, 0.717) is 92.1 Å². The van der Waals surface area contributed by atoms with Crippen molar-refractivity contribution < 1.29 is 47.9 Å². The second-order valence-electron chi connectivity index (χ2n) is 25.9. The van der Waals surface area contributed by atoms with Gasteiger partial charge in [-0.05, 0) is 162 Å². The summed E-state index contributed by atoms with van der Waals surface area (Å²) in [6.07, 6.45) is 2.09. The zero-order valence-electron chi connectivity index (χ0n) is 56.2. The minimum absolute atomic E-state index is 0.0115. The maximum absolute atomic E-state index is 15.6. The van der Waals surface area contributed by atoms with E-state index in [0.717, 1.165) is 59.8 Å². The molecule has 0 fully saturated rings. The van der Waals surface area contributed by atoms with Gasteiger partial charge in [0.15, 0.2) is 46.0 Å². The Kier molecular flexibility index (Phi) is 15.9. The lowest BCUT2D eigenvalue weighted by atomic mass is 9.83. The lowest BCUT2D eigenvalue weighted by Gasteiger charge is -2.27. The standard InChI is InChI=1S/C91H68O10/c1-95-86-72(92)50-62-22-8-10-30-64(62)80(86)82-68-32-12-14-34-70(68)84(90(88(82)97-3)100-74(93)36-18-24-54-38-40-60-44-42-56-26-16-28-58-46-48-66(54)78(60)76(56)58)85-71-35-15-13-33-69(71)83(81-65-31-11-9-23-63(65)51-73(87(81)96-2)99-52-53-20-6-5-7-21-53)89(98-4)91(85)101-75(94)37-19-25-55-39-41-61-45-43-57-27-17-29-59-47-49-67(55)79(61)77(57)59/h5-17,20-23,26-35,38-51,92H,18-19,24-25,36-37,52H2,1-4H3. The second kappa shape index (κ2) is 25.8. The maximum Gasteiger partial charge on any atom is 0.311 e. The van der Waals surface area contributed by atoms with Gasteiger partial charge >= 0.3 is 11.9 Å². The molecule has 0 aromatic heterocycles. The summed E-state index contributed by atoms with van der Waals surface area (Å²) in [4.78, 5) is 31.2. The van der Waals surface area contributed by atoms with E-state index >= 15 is 9.59 Å². The first-order valence-electron chi connectivity index (χ1n) is 34.2. The minimum atomic E-state index is -0.530. The number of phenols is 1. The van der Waals surface area contributed by atoms with Crippen molar-refractivity contribution in [2.75, 3.05) is 28.4 Å². The number of carbonyl (C=O) groups excluding carboxylic acids is 2. The Morgan fingerprint density at radius 3 is 1.10 bits per heavy atom. The molecule has 0 heterocycles. The Balaban J connectivity index is 0.875. The average molecular weight is 1320 g/mol. The van der Waals surface area contributed by atoms with Crippen molar-refractivity contribution in [2.24, 2.45) is 0 Å². The normalized spacial score (nSPS) is 11.8. The third kappa shape index (κ3) is 10.6. The quantitative estimate of drug-likeness (QED) is 0.0449. The molecule has 10 nitrogen and oxygen atoms in total. The SMILES string of the molecule is COc1c(O)cc2ccccc2c1-c1c(OC)c(OC(=O)CCCc2ccc3ccc4cccc5ccc2c3c45)c(-c2c(OC(=O)CCCc3ccc4ccc5cccc6ccc3c4c56)c(OC)c(-c3c(OC)c(OCc4ccccc4)cc4ccccc34)c3ccccc23)c2ccccc12. The molecule has 101 heavy (non-hydrogen) atoms. The first kappa shape index (κ1) is 62.1. The van der Waals surface area contributed by atoms with Crippen LogP contribution in [0.25, 0.3) is 141 Å². The van der Waals surface area contributed by atoms with Crippen LogP contribution in [0.2, 0.25) is 0 Å². The highest BCUT2D eigenvalue weighted by atomic mass is 16.6. The van der Waals surface area contributed by atoms with Crippen LogP contribution in [0.3, 0.4) is 0 Å². The Labute approximate surface area is 582 Å². The Morgan fingerprint density at radius 1 is 0.307 bits per heavy atom. The van der Waals surface area contributed by atoms with Gasteiger partial charge in [0, 0.05) is 46.2 Å². The number of fused-ring (bicyclic) bond motifs is 4. The van der Waals surface area contributed by atoms with Crippen LogP contribution < -0.4 is 33.2 Å². The Hall–Kier alpha value is -12.4. The number of phenolic OH excluding ortho intramolecular Hbond substituents is 1. The summed E-state index contributed by atoms with van der Waals surface area (Å²) < 4.78 is 47.4. The fraction of sp³-hybridized carbons (Fsp3) is 0.121. The molecule has 0 atom stereocenters. The van der Waals surface area contributed by atoms with E-state index in [9.17, 15) is 5.11 Å². The van der Waals surface area contributed by atoms with Crippen LogP contribution in [-0.4, -0.2) is 45.5 Å².